The lowest BCUT2D eigenvalue weighted by Crippen LogP contribution is -2.19. The summed E-state index contributed by atoms with van der Waals surface area (Å²) in [7, 11) is 0. The first-order valence-electron chi connectivity index (χ1n) is 6.54. The Balaban J connectivity index is 2.23. The maximum absolute atomic E-state index is 12.9. The largest absolute Gasteiger partial charge is 0.480 e. The van der Waals surface area contributed by atoms with Gasteiger partial charge < -0.3 is 10.4 Å². The molecule has 0 unspecified atom stereocenters. The van der Waals surface area contributed by atoms with Crippen molar-refractivity contribution < 1.29 is 23.1 Å². The molecule has 0 bridgehead atoms. The van der Waals surface area contributed by atoms with E-state index in [1.165, 1.54) is 18.2 Å². The zero-order valence-corrected chi connectivity index (χ0v) is 13.7. The highest BCUT2D eigenvalue weighted by atomic mass is 35.5. The highest BCUT2D eigenvalue weighted by Gasteiger charge is 2.33. The van der Waals surface area contributed by atoms with Gasteiger partial charge in [-0.25, -0.2) is 4.98 Å². The molecular weight excluding hydrogens is 386 g/mol. The number of nitrogens with zero attached hydrogens (tertiary/aromatic N) is 2. The van der Waals surface area contributed by atoms with Crippen molar-refractivity contribution >= 4 is 46.6 Å². The zero-order valence-electron chi connectivity index (χ0n) is 12.2. The van der Waals surface area contributed by atoms with E-state index in [9.17, 15) is 18.0 Å². The van der Waals surface area contributed by atoms with Crippen LogP contribution in [0.2, 0.25) is 10.0 Å². The van der Waals surface area contributed by atoms with Crippen LogP contribution in [0.5, 0.6) is 0 Å². The third kappa shape index (κ3) is 5.54. The number of aromatic nitrogens is 2. The van der Waals surface area contributed by atoms with Crippen LogP contribution in [0, 0.1) is 0 Å². The van der Waals surface area contributed by atoms with Crippen molar-refractivity contribution in [2.45, 2.75) is 6.18 Å². The Morgan fingerprint density at radius 1 is 1.16 bits per heavy atom. The van der Waals surface area contributed by atoms with Gasteiger partial charge in [0.05, 0.1) is 10.7 Å². The molecule has 0 saturated carbocycles. The van der Waals surface area contributed by atoms with Gasteiger partial charge in [-0.2, -0.15) is 18.2 Å². The molecule has 0 fully saturated rings. The van der Waals surface area contributed by atoms with E-state index >= 15 is 0 Å². The molecule has 0 saturated heterocycles. The van der Waals surface area contributed by atoms with Gasteiger partial charge in [-0.05, 0) is 18.2 Å². The van der Waals surface area contributed by atoms with Crippen LogP contribution in [0.3, 0.4) is 0 Å². The predicted molar refractivity (Wildman–Crippen MR) is 86.9 cm³/mol. The highest BCUT2D eigenvalue weighted by Crippen LogP contribution is 2.30. The molecule has 0 atom stereocenters. The average Bonchev–Trinajstić information content (AvgIpc) is 2.51. The average molecular weight is 396 g/mol. The number of nitrogens with one attached hydrogen (secondary N) is 3. The molecule has 2 aromatic rings. The Labute approximate surface area is 149 Å². The maximum atomic E-state index is 12.9. The fraction of sp³-hybridized carbons (Fsp3) is 0.154. The molecule has 7 nitrogen and oxygen atoms in total. The van der Waals surface area contributed by atoms with Crippen molar-refractivity contribution in [3.63, 3.8) is 0 Å². The summed E-state index contributed by atoms with van der Waals surface area (Å²) in [6.45, 7) is -0.642. The number of anilines is 3. The first kappa shape index (κ1) is 18.9. The minimum absolute atomic E-state index is 0.231. The first-order valence-corrected chi connectivity index (χ1v) is 7.30. The predicted octanol–water partition coefficient (Wildman–Crippen LogP) is 3.74. The van der Waals surface area contributed by atoms with E-state index in [0.29, 0.717) is 16.8 Å². The molecule has 0 aliphatic carbocycles. The monoisotopic (exact) mass is 395 g/mol. The number of rotatable bonds is 6. The number of hydrogen-bond acceptors (Lipinski definition) is 6. The lowest BCUT2D eigenvalue weighted by Gasteiger charge is -2.14. The third-order valence-electron chi connectivity index (χ3n) is 2.67. The summed E-state index contributed by atoms with van der Waals surface area (Å²) in [6.07, 6.45) is -4.74. The minimum Gasteiger partial charge on any atom is -0.480 e. The highest BCUT2D eigenvalue weighted by molar-refractivity contribution is 6.36. The standard InChI is InChI=1S/C13H10Cl2F3N5O2/c14-6-1-2-8(7(15)3-6)22-23-10-4-9(13(16,17)18)20-12(21-10)19-5-11(24)25/h1-4,22H,5H2,(H,24,25)(H2,19,20,21,23). The van der Waals surface area contributed by atoms with E-state index in [1.54, 1.807) is 0 Å². The first-order chi connectivity index (χ1) is 11.6. The van der Waals surface area contributed by atoms with E-state index in [2.05, 4.69) is 26.1 Å². The Hall–Kier alpha value is -2.46. The molecule has 0 aliphatic heterocycles. The van der Waals surface area contributed by atoms with E-state index in [0.717, 1.165) is 0 Å². The molecule has 0 radical (unpaired) electrons. The quantitative estimate of drug-likeness (QED) is 0.552. The second-order valence-electron chi connectivity index (χ2n) is 4.58. The number of carboxylic acids is 1. The van der Waals surface area contributed by atoms with Crippen LogP contribution >= 0.6 is 23.2 Å². The second-order valence-corrected chi connectivity index (χ2v) is 5.42. The van der Waals surface area contributed by atoms with Crippen LogP contribution in [-0.2, 0) is 11.0 Å². The topological polar surface area (TPSA) is 99.2 Å². The van der Waals surface area contributed by atoms with Gasteiger partial charge in [0.15, 0.2) is 11.5 Å². The van der Waals surface area contributed by atoms with Crippen LogP contribution in [0.25, 0.3) is 0 Å². The Kier molecular flexibility index (Phi) is 5.75. The van der Waals surface area contributed by atoms with E-state index in [-0.39, 0.29) is 10.8 Å². The molecule has 12 heteroatoms. The molecule has 2 rings (SSSR count). The van der Waals surface area contributed by atoms with Gasteiger partial charge in [-0.15, -0.1) is 0 Å². The van der Waals surface area contributed by atoms with Crippen molar-refractivity contribution in [3.8, 4) is 0 Å². The third-order valence-corrected chi connectivity index (χ3v) is 3.22. The second kappa shape index (κ2) is 7.62. The Morgan fingerprint density at radius 2 is 1.88 bits per heavy atom. The van der Waals surface area contributed by atoms with Crippen LogP contribution < -0.4 is 16.2 Å². The van der Waals surface area contributed by atoms with Crippen molar-refractivity contribution in [3.05, 3.63) is 40.0 Å². The summed E-state index contributed by atoms with van der Waals surface area (Å²) >= 11 is 11.7. The lowest BCUT2D eigenvalue weighted by atomic mass is 10.3. The van der Waals surface area contributed by atoms with Crippen molar-refractivity contribution in [2.24, 2.45) is 0 Å². The fourth-order valence-corrected chi connectivity index (χ4v) is 2.07. The fourth-order valence-electron chi connectivity index (χ4n) is 1.61. The summed E-state index contributed by atoms with van der Waals surface area (Å²) in [5.41, 5.74) is 4.13. The number of hydrogen-bond donors (Lipinski definition) is 4. The maximum Gasteiger partial charge on any atom is 0.433 e. The summed E-state index contributed by atoms with van der Waals surface area (Å²) in [5, 5.41) is 11.4. The van der Waals surface area contributed by atoms with Gasteiger partial charge in [-0.3, -0.25) is 15.6 Å². The van der Waals surface area contributed by atoms with Gasteiger partial charge in [0.25, 0.3) is 0 Å². The molecular formula is C13H10Cl2F3N5O2. The van der Waals surface area contributed by atoms with Gasteiger partial charge in [-0.1, -0.05) is 23.2 Å². The molecule has 4 N–H and O–H groups in total. The molecule has 1 aromatic heterocycles. The van der Waals surface area contributed by atoms with Gasteiger partial charge in [0.1, 0.15) is 6.54 Å². The molecule has 1 aromatic carbocycles. The van der Waals surface area contributed by atoms with Crippen LogP contribution in [0.15, 0.2) is 24.3 Å². The normalized spacial score (nSPS) is 11.1. The van der Waals surface area contributed by atoms with Gasteiger partial charge in [0, 0.05) is 11.1 Å². The summed E-state index contributed by atoms with van der Waals surface area (Å²) in [5.74, 6) is -2.02. The van der Waals surface area contributed by atoms with Crippen LogP contribution in [0.4, 0.5) is 30.6 Å². The molecule has 0 amide bonds. The van der Waals surface area contributed by atoms with E-state index in [1.807, 2.05) is 0 Å². The summed E-state index contributed by atoms with van der Waals surface area (Å²) in [4.78, 5) is 17.5. The van der Waals surface area contributed by atoms with Gasteiger partial charge >= 0.3 is 12.1 Å². The summed E-state index contributed by atoms with van der Waals surface area (Å²) in [6, 6.07) is 5.13. The molecule has 25 heavy (non-hydrogen) atoms. The number of aliphatic carboxylic acids is 1. The smallest absolute Gasteiger partial charge is 0.433 e. The number of hydrazine groups is 1. The number of alkyl halides is 3. The van der Waals surface area contributed by atoms with Crippen molar-refractivity contribution in [2.75, 3.05) is 22.7 Å². The van der Waals surface area contributed by atoms with E-state index < -0.39 is 30.3 Å². The Morgan fingerprint density at radius 3 is 2.48 bits per heavy atom. The molecule has 1 heterocycles. The van der Waals surface area contributed by atoms with Crippen molar-refractivity contribution in [1.29, 1.82) is 0 Å². The van der Waals surface area contributed by atoms with Crippen LogP contribution in [0.1, 0.15) is 5.69 Å². The molecule has 134 valence electrons. The lowest BCUT2D eigenvalue weighted by molar-refractivity contribution is -0.141. The molecule has 0 aliphatic rings. The van der Waals surface area contributed by atoms with Crippen molar-refractivity contribution in [1.82, 2.24) is 9.97 Å². The minimum atomic E-state index is -4.74. The SMILES string of the molecule is O=C(O)CNc1nc(NNc2ccc(Cl)cc2Cl)cc(C(F)(F)F)n1. The zero-order chi connectivity index (χ0) is 18.6. The number of carbonyl (C=O) groups is 1. The Bertz CT molecular complexity index is 789. The van der Waals surface area contributed by atoms with Crippen LogP contribution in [-0.4, -0.2) is 27.6 Å². The van der Waals surface area contributed by atoms with E-state index in [4.69, 9.17) is 28.3 Å². The number of carboxylic acid groups (broad SMARTS) is 1. The summed E-state index contributed by atoms with van der Waals surface area (Å²) < 4.78 is 38.7. The number of benzene rings is 1. The van der Waals surface area contributed by atoms with Gasteiger partial charge in [0.2, 0.25) is 5.95 Å². The molecule has 0 spiro atoms. The number of halogens is 5.